The van der Waals surface area contributed by atoms with Crippen molar-refractivity contribution in [1.82, 2.24) is 4.90 Å². The molecule has 1 heterocycles. The molecule has 1 saturated heterocycles. The smallest absolute Gasteiger partial charge is 0.149 e. The van der Waals surface area contributed by atoms with Gasteiger partial charge in [-0.15, -0.1) is 0 Å². The lowest BCUT2D eigenvalue weighted by Crippen LogP contribution is -2.48. The zero-order valence-corrected chi connectivity index (χ0v) is 9.70. The Morgan fingerprint density at radius 1 is 1.12 bits per heavy atom. The Morgan fingerprint density at radius 2 is 1.82 bits per heavy atom. The molecule has 0 unspecified atom stereocenters. The van der Waals surface area contributed by atoms with Gasteiger partial charge in [0.05, 0.1) is 5.69 Å². The van der Waals surface area contributed by atoms with Crippen LogP contribution < -0.4 is 10.6 Å². The molecule has 3 nitrogen and oxygen atoms in total. The first kappa shape index (κ1) is 12.3. The summed E-state index contributed by atoms with van der Waals surface area (Å²) in [5.41, 5.74) is 5.97. The minimum absolute atomic E-state index is 0.485. The lowest BCUT2D eigenvalue weighted by atomic mass is 10.2. The van der Waals surface area contributed by atoms with E-state index in [9.17, 15) is 8.78 Å². The fourth-order valence-electron chi connectivity index (χ4n) is 2.13. The summed E-state index contributed by atoms with van der Waals surface area (Å²) >= 11 is 0. The number of piperazine rings is 1. The van der Waals surface area contributed by atoms with E-state index in [-0.39, 0.29) is 0 Å². The highest BCUT2D eigenvalue weighted by atomic mass is 19.1. The van der Waals surface area contributed by atoms with Crippen LogP contribution in [-0.2, 0) is 0 Å². The van der Waals surface area contributed by atoms with E-state index in [1.54, 1.807) is 0 Å². The summed E-state index contributed by atoms with van der Waals surface area (Å²) in [6.45, 7) is 4.76. The van der Waals surface area contributed by atoms with Gasteiger partial charge in [-0.3, -0.25) is 4.90 Å². The lowest BCUT2D eigenvalue weighted by molar-refractivity contribution is 0.264. The first-order valence-corrected chi connectivity index (χ1v) is 5.83. The van der Waals surface area contributed by atoms with Crippen LogP contribution in [0.5, 0.6) is 0 Å². The molecule has 5 heteroatoms. The van der Waals surface area contributed by atoms with Gasteiger partial charge in [-0.05, 0) is 12.1 Å². The van der Waals surface area contributed by atoms with Gasteiger partial charge in [-0.2, -0.15) is 0 Å². The summed E-state index contributed by atoms with van der Waals surface area (Å²) in [5, 5.41) is 0. The minimum atomic E-state index is -0.534. The Labute approximate surface area is 99.8 Å². The van der Waals surface area contributed by atoms with Crippen LogP contribution in [-0.4, -0.2) is 44.2 Å². The van der Waals surface area contributed by atoms with Crippen molar-refractivity contribution >= 4 is 5.69 Å². The van der Waals surface area contributed by atoms with Gasteiger partial charge in [0.1, 0.15) is 11.6 Å². The third-order valence-corrected chi connectivity index (χ3v) is 3.07. The van der Waals surface area contributed by atoms with E-state index in [1.165, 1.54) is 12.1 Å². The zero-order chi connectivity index (χ0) is 12.3. The third kappa shape index (κ3) is 2.92. The first-order chi connectivity index (χ1) is 8.20. The van der Waals surface area contributed by atoms with E-state index in [2.05, 4.69) is 4.90 Å². The molecule has 1 fully saturated rings. The van der Waals surface area contributed by atoms with Crippen LogP contribution in [0.25, 0.3) is 0 Å². The number of nitrogens with two attached hydrogens (primary N) is 1. The molecule has 2 N–H and O–H groups in total. The monoisotopic (exact) mass is 241 g/mol. The number of benzene rings is 1. The molecule has 0 aliphatic carbocycles. The van der Waals surface area contributed by atoms with E-state index >= 15 is 0 Å². The fraction of sp³-hybridized carbons (Fsp3) is 0.500. The summed E-state index contributed by atoms with van der Waals surface area (Å²) in [6.07, 6.45) is 0. The number of hydrogen-bond acceptors (Lipinski definition) is 3. The molecule has 0 saturated carbocycles. The summed E-state index contributed by atoms with van der Waals surface area (Å²) in [4.78, 5) is 4.19. The van der Waals surface area contributed by atoms with Gasteiger partial charge in [-0.25, -0.2) is 8.78 Å². The number of hydrogen-bond donors (Lipinski definition) is 1. The van der Waals surface area contributed by atoms with Crippen molar-refractivity contribution < 1.29 is 8.78 Å². The largest absolute Gasteiger partial charge is 0.367 e. The van der Waals surface area contributed by atoms with Gasteiger partial charge >= 0.3 is 0 Å². The lowest BCUT2D eigenvalue weighted by Gasteiger charge is -2.36. The predicted octanol–water partition coefficient (Wildman–Crippen LogP) is 1.05. The van der Waals surface area contributed by atoms with Crippen LogP contribution in [0.4, 0.5) is 14.5 Å². The van der Waals surface area contributed by atoms with Crippen molar-refractivity contribution in [1.29, 1.82) is 0 Å². The molecule has 1 aromatic carbocycles. The molecule has 2 rings (SSSR count). The standard InChI is InChI=1S/C12H17F2N3/c13-10-1-2-12(11(14)9-10)17-7-5-16(4-3-15)6-8-17/h1-2,9H,3-8,15H2. The van der Waals surface area contributed by atoms with E-state index in [4.69, 9.17) is 5.73 Å². The van der Waals surface area contributed by atoms with Crippen molar-refractivity contribution in [3.05, 3.63) is 29.8 Å². The van der Waals surface area contributed by atoms with Gasteiger partial charge in [0.25, 0.3) is 0 Å². The topological polar surface area (TPSA) is 32.5 Å². The van der Waals surface area contributed by atoms with E-state index < -0.39 is 11.6 Å². The summed E-state index contributed by atoms with van der Waals surface area (Å²) < 4.78 is 26.4. The van der Waals surface area contributed by atoms with Crippen molar-refractivity contribution in [3.63, 3.8) is 0 Å². The van der Waals surface area contributed by atoms with Crippen molar-refractivity contribution in [2.75, 3.05) is 44.2 Å². The zero-order valence-electron chi connectivity index (χ0n) is 9.70. The molecule has 1 aliphatic rings. The number of halogens is 2. The van der Waals surface area contributed by atoms with Gasteiger partial charge in [0, 0.05) is 45.3 Å². The molecule has 0 bridgehead atoms. The summed E-state index contributed by atoms with van der Waals surface area (Å²) in [5.74, 6) is -1.02. The highest BCUT2D eigenvalue weighted by Crippen LogP contribution is 2.21. The Kier molecular flexibility index (Phi) is 3.91. The Morgan fingerprint density at radius 3 is 2.41 bits per heavy atom. The number of nitrogens with zero attached hydrogens (tertiary/aromatic N) is 2. The molecule has 1 aromatic rings. The molecule has 0 amide bonds. The molecule has 0 radical (unpaired) electrons. The Bertz CT molecular complexity index is 376. The molecular weight excluding hydrogens is 224 g/mol. The molecule has 0 aromatic heterocycles. The molecule has 0 atom stereocenters. The van der Waals surface area contributed by atoms with Gasteiger partial charge < -0.3 is 10.6 Å². The SMILES string of the molecule is NCCN1CCN(c2ccc(F)cc2F)CC1. The van der Waals surface area contributed by atoms with Gasteiger partial charge in [0.15, 0.2) is 0 Å². The van der Waals surface area contributed by atoms with Crippen LogP contribution in [0.1, 0.15) is 0 Å². The van der Waals surface area contributed by atoms with E-state index in [0.717, 1.165) is 38.8 Å². The van der Waals surface area contributed by atoms with Crippen molar-refractivity contribution in [2.24, 2.45) is 5.73 Å². The summed E-state index contributed by atoms with van der Waals surface area (Å²) in [7, 11) is 0. The molecule has 0 spiro atoms. The molecule has 94 valence electrons. The highest BCUT2D eigenvalue weighted by molar-refractivity contribution is 5.48. The highest BCUT2D eigenvalue weighted by Gasteiger charge is 2.18. The van der Waals surface area contributed by atoms with E-state index in [1.807, 2.05) is 4.90 Å². The second-order valence-electron chi connectivity index (χ2n) is 4.21. The average Bonchev–Trinajstić information content (AvgIpc) is 2.31. The Balaban J connectivity index is 2.00. The maximum absolute atomic E-state index is 13.6. The minimum Gasteiger partial charge on any atom is -0.367 e. The number of anilines is 1. The molecular formula is C12H17F2N3. The molecule has 1 aliphatic heterocycles. The quantitative estimate of drug-likeness (QED) is 0.858. The van der Waals surface area contributed by atoms with Gasteiger partial charge in [-0.1, -0.05) is 0 Å². The first-order valence-electron chi connectivity index (χ1n) is 5.83. The third-order valence-electron chi connectivity index (χ3n) is 3.07. The second-order valence-corrected chi connectivity index (χ2v) is 4.21. The number of rotatable bonds is 3. The average molecular weight is 241 g/mol. The summed E-state index contributed by atoms with van der Waals surface area (Å²) in [6, 6.07) is 3.73. The van der Waals surface area contributed by atoms with Crippen LogP contribution in [0.3, 0.4) is 0 Å². The van der Waals surface area contributed by atoms with Gasteiger partial charge in [0.2, 0.25) is 0 Å². The van der Waals surface area contributed by atoms with Crippen LogP contribution >= 0.6 is 0 Å². The normalized spacial score (nSPS) is 17.5. The van der Waals surface area contributed by atoms with Crippen LogP contribution in [0.2, 0.25) is 0 Å². The van der Waals surface area contributed by atoms with Crippen LogP contribution in [0, 0.1) is 11.6 Å². The van der Waals surface area contributed by atoms with E-state index in [0.29, 0.717) is 12.2 Å². The van der Waals surface area contributed by atoms with Crippen molar-refractivity contribution in [2.45, 2.75) is 0 Å². The maximum atomic E-state index is 13.6. The Hall–Kier alpha value is -1.20. The second kappa shape index (κ2) is 5.42. The molecule has 17 heavy (non-hydrogen) atoms. The van der Waals surface area contributed by atoms with Crippen LogP contribution in [0.15, 0.2) is 18.2 Å². The maximum Gasteiger partial charge on any atom is 0.149 e. The van der Waals surface area contributed by atoms with Crippen molar-refractivity contribution in [3.8, 4) is 0 Å². The predicted molar refractivity (Wildman–Crippen MR) is 64.1 cm³/mol. The fourth-order valence-corrected chi connectivity index (χ4v) is 2.13.